The normalized spacial score (nSPS) is 25.3. The van der Waals surface area contributed by atoms with Gasteiger partial charge in [-0.15, -0.1) is 23.2 Å². The lowest BCUT2D eigenvalue weighted by molar-refractivity contribution is 0.475. The molecule has 1 N–H and O–H groups in total. The highest BCUT2D eigenvalue weighted by Crippen LogP contribution is 2.59. The van der Waals surface area contributed by atoms with Gasteiger partial charge in [0.1, 0.15) is 10.1 Å². The lowest BCUT2D eigenvalue weighted by Crippen LogP contribution is -1.88. The monoisotopic (exact) mass is 202 g/mol. The fourth-order valence-corrected chi connectivity index (χ4v) is 1.84. The van der Waals surface area contributed by atoms with E-state index < -0.39 is 4.33 Å². The van der Waals surface area contributed by atoms with E-state index in [4.69, 9.17) is 28.3 Å². The molecule has 0 radical (unpaired) electrons. The first-order chi connectivity index (χ1) is 5.59. The molecule has 0 heterocycles. The maximum Gasteiger partial charge on any atom is 0.125 e. The second kappa shape index (κ2) is 2.54. The number of halogens is 2. The van der Waals surface area contributed by atoms with Crippen molar-refractivity contribution in [3.05, 3.63) is 29.8 Å². The third-order valence-electron chi connectivity index (χ3n) is 2.12. The Morgan fingerprint density at radius 3 is 2.17 bits per heavy atom. The number of rotatable bonds is 1. The summed E-state index contributed by atoms with van der Waals surface area (Å²) in [7, 11) is 0. The summed E-state index contributed by atoms with van der Waals surface area (Å²) in [5.41, 5.74) is 1.10. The van der Waals surface area contributed by atoms with Crippen LogP contribution in [0.3, 0.4) is 0 Å². The summed E-state index contributed by atoms with van der Waals surface area (Å²) in [6.07, 6.45) is 0.806. The van der Waals surface area contributed by atoms with Crippen LogP contribution in [-0.4, -0.2) is 9.44 Å². The van der Waals surface area contributed by atoms with Crippen LogP contribution in [0.5, 0.6) is 5.75 Å². The van der Waals surface area contributed by atoms with Gasteiger partial charge >= 0.3 is 0 Å². The third kappa shape index (κ3) is 1.39. The molecule has 0 aromatic heterocycles. The highest BCUT2D eigenvalue weighted by Gasteiger charge is 2.52. The molecule has 1 aromatic rings. The topological polar surface area (TPSA) is 20.2 Å². The van der Waals surface area contributed by atoms with Crippen molar-refractivity contribution >= 4 is 23.2 Å². The van der Waals surface area contributed by atoms with Gasteiger partial charge in [-0.25, -0.2) is 0 Å². The van der Waals surface area contributed by atoms with Gasteiger partial charge in [0.05, 0.1) is 0 Å². The van der Waals surface area contributed by atoms with Crippen LogP contribution in [0.15, 0.2) is 24.3 Å². The minimum absolute atomic E-state index is 0.237. The van der Waals surface area contributed by atoms with Crippen LogP contribution in [0, 0.1) is 0 Å². The van der Waals surface area contributed by atoms with E-state index in [1.807, 2.05) is 12.1 Å². The number of phenols is 1. The van der Waals surface area contributed by atoms with Gasteiger partial charge in [-0.05, 0) is 24.1 Å². The average molecular weight is 203 g/mol. The van der Waals surface area contributed by atoms with Crippen LogP contribution in [-0.2, 0) is 0 Å². The maximum atomic E-state index is 9.02. The quantitative estimate of drug-likeness (QED) is 0.695. The molecule has 0 unspecified atom stereocenters. The number of hydrogen-bond donors (Lipinski definition) is 1. The minimum Gasteiger partial charge on any atom is -0.508 e. The molecule has 0 bridgehead atoms. The average Bonchev–Trinajstić information content (AvgIpc) is 2.61. The number of aromatic hydroxyl groups is 1. The molecule has 1 atom stereocenters. The smallest absolute Gasteiger partial charge is 0.125 e. The molecule has 0 spiro atoms. The van der Waals surface area contributed by atoms with Gasteiger partial charge in [0.15, 0.2) is 0 Å². The molecule has 3 heteroatoms. The van der Waals surface area contributed by atoms with E-state index in [0.717, 1.165) is 12.0 Å². The zero-order valence-corrected chi connectivity index (χ0v) is 7.81. The first kappa shape index (κ1) is 8.21. The van der Waals surface area contributed by atoms with Gasteiger partial charge in [-0.3, -0.25) is 0 Å². The molecule has 0 aliphatic heterocycles. The van der Waals surface area contributed by atoms with E-state index in [1.165, 1.54) is 0 Å². The van der Waals surface area contributed by atoms with Gasteiger partial charge in [-0.1, -0.05) is 12.1 Å². The van der Waals surface area contributed by atoms with Crippen LogP contribution in [0.1, 0.15) is 17.9 Å². The van der Waals surface area contributed by atoms with E-state index in [0.29, 0.717) is 0 Å². The third-order valence-corrected chi connectivity index (χ3v) is 2.96. The number of alkyl halides is 2. The predicted molar refractivity (Wildman–Crippen MR) is 49.9 cm³/mol. The Hall–Kier alpha value is -0.400. The molecule has 1 nitrogen and oxygen atoms in total. The predicted octanol–water partition coefficient (Wildman–Crippen LogP) is 3.05. The van der Waals surface area contributed by atoms with Gasteiger partial charge in [-0.2, -0.15) is 0 Å². The summed E-state index contributed by atoms with van der Waals surface area (Å²) in [5, 5.41) is 9.02. The molecule has 64 valence electrons. The van der Waals surface area contributed by atoms with E-state index in [9.17, 15) is 0 Å². The van der Waals surface area contributed by atoms with Gasteiger partial charge < -0.3 is 5.11 Å². The largest absolute Gasteiger partial charge is 0.508 e. The Morgan fingerprint density at radius 1 is 1.25 bits per heavy atom. The van der Waals surface area contributed by atoms with E-state index in [-0.39, 0.29) is 11.7 Å². The van der Waals surface area contributed by atoms with E-state index in [2.05, 4.69) is 0 Å². The zero-order valence-electron chi connectivity index (χ0n) is 6.30. The van der Waals surface area contributed by atoms with Crippen molar-refractivity contribution in [1.29, 1.82) is 0 Å². The molecule has 12 heavy (non-hydrogen) atoms. The summed E-state index contributed by atoms with van der Waals surface area (Å²) in [4.78, 5) is 0. The summed E-state index contributed by atoms with van der Waals surface area (Å²) in [6.45, 7) is 0. The Bertz CT molecular complexity index is 292. The van der Waals surface area contributed by atoms with Crippen molar-refractivity contribution in [2.45, 2.75) is 16.7 Å². The molecule has 0 saturated heterocycles. The van der Waals surface area contributed by atoms with Crippen LogP contribution in [0.2, 0.25) is 0 Å². The Kier molecular flexibility index (Phi) is 1.74. The Morgan fingerprint density at radius 2 is 1.75 bits per heavy atom. The van der Waals surface area contributed by atoms with Gasteiger partial charge in [0, 0.05) is 5.92 Å². The van der Waals surface area contributed by atoms with Crippen molar-refractivity contribution in [3.63, 3.8) is 0 Å². The van der Waals surface area contributed by atoms with Crippen molar-refractivity contribution in [2.24, 2.45) is 0 Å². The lowest BCUT2D eigenvalue weighted by atomic mass is 10.1. The van der Waals surface area contributed by atoms with E-state index in [1.54, 1.807) is 12.1 Å². The Balaban J connectivity index is 2.21. The van der Waals surface area contributed by atoms with Crippen molar-refractivity contribution in [2.75, 3.05) is 0 Å². The SMILES string of the molecule is Oc1ccc([C@@H]2CC2(Cl)Cl)cc1. The van der Waals surface area contributed by atoms with E-state index >= 15 is 0 Å². The first-order valence-corrected chi connectivity index (χ1v) is 4.52. The maximum absolute atomic E-state index is 9.02. The number of phenolic OH excluding ortho intramolecular Hbond substituents is 1. The van der Waals surface area contributed by atoms with Crippen LogP contribution < -0.4 is 0 Å². The fourth-order valence-electron chi connectivity index (χ4n) is 1.28. The van der Waals surface area contributed by atoms with Gasteiger partial charge in [0.25, 0.3) is 0 Å². The molecule has 1 aromatic carbocycles. The molecule has 1 aliphatic carbocycles. The molecule has 1 aliphatic rings. The highest BCUT2D eigenvalue weighted by molar-refractivity contribution is 6.51. The highest BCUT2D eigenvalue weighted by atomic mass is 35.5. The number of hydrogen-bond acceptors (Lipinski definition) is 1. The van der Waals surface area contributed by atoms with Crippen molar-refractivity contribution in [3.8, 4) is 5.75 Å². The van der Waals surface area contributed by atoms with Crippen LogP contribution in [0.4, 0.5) is 0 Å². The van der Waals surface area contributed by atoms with Gasteiger partial charge in [0.2, 0.25) is 0 Å². The van der Waals surface area contributed by atoms with Crippen molar-refractivity contribution in [1.82, 2.24) is 0 Å². The molecular formula is C9H8Cl2O. The number of benzene rings is 1. The fraction of sp³-hybridized carbons (Fsp3) is 0.333. The molecule has 2 rings (SSSR count). The minimum atomic E-state index is -0.572. The molecule has 0 amide bonds. The molecule has 1 saturated carbocycles. The summed E-state index contributed by atoms with van der Waals surface area (Å²) < 4.78 is -0.572. The summed E-state index contributed by atoms with van der Waals surface area (Å²) in [6, 6.07) is 7.01. The Labute approximate surface area is 80.9 Å². The zero-order chi connectivity index (χ0) is 8.77. The second-order valence-corrected chi connectivity index (χ2v) is 4.65. The molecular weight excluding hydrogens is 195 g/mol. The summed E-state index contributed by atoms with van der Waals surface area (Å²) >= 11 is 11.8. The van der Waals surface area contributed by atoms with Crippen LogP contribution >= 0.6 is 23.2 Å². The lowest BCUT2D eigenvalue weighted by Gasteiger charge is -1.99. The van der Waals surface area contributed by atoms with Crippen molar-refractivity contribution < 1.29 is 5.11 Å². The standard InChI is InChI=1S/C9H8Cl2O/c10-9(11)5-8(9)6-1-3-7(12)4-2-6/h1-4,8,12H,5H2/t8-/m0/s1. The molecule has 1 fully saturated rings. The van der Waals surface area contributed by atoms with Crippen LogP contribution in [0.25, 0.3) is 0 Å². The second-order valence-electron chi connectivity index (χ2n) is 3.11. The summed E-state index contributed by atoms with van der Waals surface area (Å²) in [5.74, 6) is 0.510. The first-order valence-electron chi connectivity index (χ1n) is 3.76.